The predicted molar refractivity (Wildman–Crippen MR) is 80.1 cm³/mol. The number of hydrogen-bond donors (Lipinski definition) is 2. The Bertz CT molecular complexity index is 685. The van der Waals surface area contributed by atoms with Crippen LogP contribution in [0.2, 0.25) is 0 Å². The van der Waals surface area contributed by atoms with Crippen LogP contribution in [0.25, 0.3) is 0 Å². The molecule has 2 rings (SSSR count). The number of nitro groups is 1. The summed E-state index contributed by atoms with van der Waals surface area (Å²) in [7, 11) is 0. The van der Waals surface area contributed by atoms with E-state index in [-0.39, 0.29) is 18.0 Å². The van der Waals surface area contributed by atoms with Gasteiger partial charge in [0.15, 0.2) is 5.78 Å². The maximum atomic E-state index is 12.6. The van der Waals surface area contributed by atoms with E-state index in [0.29, 0.717) is 16.8 Å². The first kappa shape index (κ1) is 14.7. The fourth-order valence-electron chi connectivity index (χ4n) is 2.23. The van der Waals surface area contributed by atoms with Crippen LogP contribution in [0.1, 0.15) is 21.8 Å². The number of rotatable bonds is 5. The van der Waals surface area contributed by atoms with Crippen molar-refractivity contribution in [3.8, 4) is 0 Å². The topological polar surface area (TPSA) is 112 Å². The Morgan fingerprint density at radius 1 is 1.14 bits per heavy atom. The van der Waals surface area contributed by atoms with Gasteiger partial charge in [0.1, 0.15) is 0 Å². The minimum atomic E-state index is -0.795. The first-order valence-electron chi connectivity index (χ1n) is 6.38. The van der Waals surface area contributed by atoms with Crippen LogP contribution < -0.4 is 11.5 Å². The number of Topliss-reactive ketones (excluding diaryl/α,β-unsaturated/α-hetero) is 1. The Kier molecular flexibility index (Phi) is 4.30. The van der Waals surface area contributed by atoms with Gasteiger partial charge in [-0.2, -0.15) is 0 Å². The fourth-order valence-corrected chi connectivity index (χ4v) is 2.23. The quantitative estimate of drug-likeness (QED) is 0.378. The summed E-state index contributed by atoms with van der Waals surface area (Å²) in [5.74, 6) is -1.11. The van der Waals surface area contributed by atoms with Crippen LogP contribution in [-0.4, -0.2) is 17.3 Å². The molecule has 1 unspecified atom stereocenters. The second kappa shape index (κ2) is 6.15. The lowest BCUT2D eigenvalue weighted by molar-refractivity contribution is -0.385. The smallest absolute Gasteiger partial charge is 0.273 e. The largest absolute Gasteiger partial charge is 0.398 e. The fraction of sp³-hybridized carbons (Fsp3) is 0.133. The molecule has 0 aliphatic rings. The maximum Gasteiger partial charge on any atom is 0.273 e. The number of nitrogen functional groups attached to an aromatic ring is 1. The highest BCUT2D eigenvalue weighted by Crippen LogP contribution is 2.29. The van der Waals surface area contributed by atoms with Crippen molar-refractivity contribution in [1.29, 1.82) is 0 Å². The standard InChI is InChI=1S/C15H15N3O3/c16-9-12(10-5-2-4-8-14(10)18(20)21)15(19)11-6-1-3-7-13(11)17/h1-8,12H,9,16-17H2. The molecule has 0 heterocycles. The second-order valence-corrected chi connectivity index (χ2v) is 4.56. The zero-order valence-electron chi connectivity index (χ0n) is 11.2. The van der Waals surface area contributed by atoms with Gasteiger partial charge in [0.05, 0.1) is 10.8 Å². The Hall–Kier alpha value is -2.73. The molecule has 0 amide bonds. The van der Waals surface area contributed by atoms with Crippen LogP contribution in [0.4, 0.5) is 11.4 Å². The van der Waals surface area contributed by atoms with Crippen molar-refractivity contribution in [2.45, 2.75) is 5.92 Å². The molecule has 0 aliphatic heterocycles. The van der Waals surface area contributed by atoms with E-state index >= 15 is 0 Å². The summed E-state index contributed by atoms with van der Waals surface area (Å²) in [6.45, 7) is -0.0297. The lowest BCUT2D eigenvalue weighted by atomic mass is 9.89. The van der Waals surface area contributed by atoms with Gasteiger partial charge in [0.25, 0.3) is 5.69 Å². The number of anilines is 1. The summed E-state index contributed by atoms with van der Waals surface area (Å²) in [6, 6.07) is 12.7. The molecule has 6 nitrogen and oxygen atoms in total. The molecule has 0 aromatic heterocycles. The number of para-hydroxylation sites is 2. The Labute approximate surface area is 121 Å². The SMILES string of the molecule is NCC(C(=O)c1ccccc1N)c1ccccc1[N+](=O)[O-]. The minimum Gasteiger partial charge on any atom is -0.398 e. The molecule has 2 aromatic carbocycles. The van der Waals surface area contributed by atoms with Gasteiger partial charge in [0.2, 0.25) is 0 Å². The van der Waals surface area contributed by atoms with Gasteiger partial charge in [-0.05, 0) is 12.1 Å². The third kappa shape index (κ3) is 2.90. The number of carbonyl (C=O) groups is 1. The molecule has 21 heavy (non-hydrogen) atoms. The summed E-state index contributed by atoms with van der Waals surface area (Å²) in [6.07, 6.45) is 0. The van der Waals surface area contributed by atoms with Crippen molar-refractivity contribution in [2.24, 2.45) is 5.73 Å². The van der Waals surface area contributed by atoms with Gasteiger partial charge >= 0.3 is 0 Å². The molecule has 0 fully saturated rings. The Morgan fingerprint density at radius 2 is 1.76 bits per heavy atom. The van der Waals surface area contributed by atoms with Gasteiger partial charge in [0, 0.05) is 29.4 Å². The van der Waals surface area contributed by atoms with Crippen LogP contribution >= 0.6 is 0 Å². The molecule has 0 spiro atoms. The molecule has 0 saturated carbocycles. The summed E-state index contributed by atoms with van der Waals surface area (Å²) < 4.78 is 0. The van der Waals surface area contributed by atoms with Crippen molar-refractivity contribution in [3.05, 3.63) is 69.8 Å². The number of ketones is 1. The van der Waals surface area contributed by atoms with Gasteiger partial charge in [-0.3, -0.25) is 14.9 Å². The lowest BCUT2D eigenvalue weighted by Gasteiger charge is -2.15. The van der Waals surface area contributed by atoms with E-state index < -0.39 is 10.8 Å². The molecule has 2 aromatic rings. The van der Waals surface area contributed by atoms with Crippen molar-refractivity contribution < 1.29 is 9.72 Å². The average molecular weight is 285 g/mol. The van der Waals surface area contributed by atoms with Crippen molar-refractivity contribution in [2.75, 3.05) is 12.3 Å². The summed E-state index contributed by atoms with van der Waals surface area (Å²) in [5.41, 5.74) is 12.3. The van der Waals surface area contributed by atoms with Crippen molar-refractivity contribution >= 4 is 17.2 Å². The van der Waals surface area contributed by atoms with Gasteiger partial charge in [-0.15, -0.1) is 0 Å². The third-order valence-electron chi connectivity index (χ3n) is 3.29. The maximum absolute atomic E-state index is 12.6. The Balaban J connectivity index is 2.48. The lowest BCUT2D eigenvalue weighted by Crippen LogP contribution is -2.23. The van der Waals surface area contributed by atoms with Crippen molar-refractivity contribution in [1.82, 2.24) is 0 Å². The van der Waals surface area contributed by atoms with E-state index in [1.807, 2.05) is 0 Å². The summed E-state index contributed by atoms with van der Waals surface area (Å²) in [5, 5.41) is 11.1. The molecule has 0 bridgehead atoms. The number of nitrogens with two attached hydrogens (primary N) is 2. The number of carbonyl (C=O) groups excluding carboxylic acids is 1. The highest BCUT2D eigenvalue weighted by molar-refractivity contribution is 6.05. The first-order valence-corrected chi connectivity index (χ1v) is 6.38. The normalized spacial score (nSPS) is 11.9. The number of hydrogen-bond acceptors (Lipinski definition) is 5. The Morgan fingerprint density at radius 3 is 2.38 bits per heavy atom. The third-order valence-corrected chi connectivity index (χ3v) is 3.29. The zero-order valence-corrected chi connectivity index (χ0v) is 11.2. The first-order chi connectivity index (χ1) is 10.1. The van der Waals surface area contributed by atoms with E-state index in [1.165, 1.54) is 6.07 Å². The van der Waals surface area contributed by atoms with E-state index in [9.17, 15) is 14.9 Å². The molecule has 0 saturated heterocycles. The summed E-state index contributed by atoms with van der Waals surface area (Å²) in [4.78, 5) is 23.2. The molecular formula is C15H15N3O3. The van der Waals surface area contributed by atoms with E-state index in [0.717, 1.165) is 0 Å². The van der Waals surface area contributed by atoms with Crippen LogP contribution in [0.5, 0.6) is 0 Å². The molecule has 1 atom stereocenters. The molecule has 0 radical (unpaired) electrons. The van der Waals surface area contributed by atoms with Crippen LogP contribution in [-0.2, 0) is 0 Å². The van der Waals surface area contributed by atoms with E-state index in [1.54, 1.807) is 42.5 Å². The molecule has 4 N–H and O–H groups in total. The predicted octanol–water partition coefficient (Wildman–Crippen LogP) is 2.10. The van der Waals surface area contributed by atoms with E-state index in [2.05, 4.69) is 0 Å². The van der Waals surface area contributed by atoms with Gasteiger partial charge in [-0.25, -0.2) is 0 Å². The average Bonchev–Trinajstić information content (AvgIpc) is 2.48. The highest BCUT2D eigenvalue weighted by Gasteiger charge is 2.28. The van der Waals surface area contributed by atoms with Gasteiger partial charge in [-0.1, -0.05) is 30.3 Å². The van der Waals surface area contributed by atoms with Gasteiger partial charge < -0.3 is 11.5 Å². The van der Waals surface area contributed by atoms with Crippen LogP contribution in [0.3, 0.4) is 0 Å². The van der Waals surface area contributed by atoms with Crippen molar-refractivity contribution in [3.63, 3.8) is 0 Å². The van der Waals surface area contributed by atoms with E-state index in [4.69, 9.17) is 11.5 Å². The second-order valence-electron chi connectivity index (χ2n) is 4.56. The number of benzene rings is 2. The summed E-state index contributed by atoms with van der Waals surface area (Å²) >= 11 is 0. The van der Waals surface area contributed by atoms with Crippen LogP contribution in [0, 0.1) is 10.1 Å². The molecule has 0 aliphatic carbocycles. The highest BCUT2D eigenvalue weighted by atomic mass is 16.6. The molecule has 6 heteroatoms. The molecule has 108 valence electrons. The number of nitrogens with zero attached hydrogens (tertiary/aromatic N) is 1. The number of nitro benzene ring substituents is 1. The monoisotopic (exact) mass is 285 g/mol. The minimum absolute atomic E-state index is 0.0297. The molecular weight excluding hydrogens is 270 g/mol. The van der Waals surface area contributed by atoms with Crippen LogP contribution in [0.15, 0.2) is 48.5 Å². The zero-order chi connectivity index (χ0) is 15.4.